The molecule has 106 valence electrons. The highest BCUT2D eigenvalue weighted by Crippen LogP contribution is 2.24. The molecule has 2 aromatic carbocycles. The van der Waals surface area contributed by atoms with E-state index in [0.717, 1.165) is 28.9 Å². The summed E-state index contributed by atoms with van der Waals surface area (Å²) in [5.74, 6) is 0. The standard InChI is InChI=1S/C18H19N3/c1-13(19)10-14-6-8-15(9-7-14)18-12-20-11-16-4-2-3-5-17(16)21-18/h2-9,11-13,21H,10,19H2,1H3. The highest BCUT2D eigenvalue weighted by molar-refractivity contribution is 5.94. The van der Waals surface area contributed by atoms with Gasteiger partial charge in [0.2, 0.25) is 0 Å². The van der Waals surface area contributed by atoms with Crippen molar-refractivity contribution in [3.8, 4) is 0 Å². The van der Waals surface area contributed by atoms with Gasteiger partial charge in [0.1, 0.15) is 0 Å². The number of rotatable bonds is 3. The first-order valence-corrected chi connectivity index (χ1v) is 7.16. The van der Waals surface area contributed by atoms with Crippen molar-refractivity contribution in [2.24, 2.45) is 10.7 Å². The average Bonchev–Trinajstić information content (AvgIpc) is 2.69. The molecule has 0 fully saturated rings. The first-order chi connectivity index (χ1) is 10.2. The fraction of sp³-hybridized carbons (Fsp3) is 0.167. The van der Waals surface area contributed by atoms with Gasteiger partial charge in [0.05, 0.1) is 11.9 Å². The minimum absolute atomic E-state index is 0.183. The zero-order valence-electron chi connectivity index (χ0n) is 12.1. The fourth-order valence-electron chi connectivity index (χ4n) is 2.43. The number of nitrogens with two attached hydrogens (primary N) is 1. The van der Waals surface area contributed by atoms with Gasteiger partial charge in [-0.05, 0) is 30.5 Å². The first kappa shape index (κ1) is 13.6. The van der Waals surface area contributed by atoms with E-state index in [0.29, 0.717) is 0 Å². The molecule has 3 rings (SSSR count). The zero-order valence-corrected chi connectivity index (χ0v) is 12.1. The maximum Gasteiger partial charge on any atom is 0.0643 e. The van der Waals surface area contributed by atoms with E-state index in [-0.39, 0.29) is 6.04 Å². The second kappa shape index (κ2) is 5.94. The summed E-state index contributed by atoms with van der Waals surface area (Å²) in [4.78, 5) is 4.37. The molecule has 0 saturated carbocycles. The molecule has 21 heavy (non-hydrogen) atoms. The highest BCUT2D eigenvalue weighted by atomic mass is 14.9. The van der Waals surface area contributed by atoms with Crippen molar-refractivity contribution in [1.29, 1.82) is 0 Å². The summed E-state index contributed by atoms with van der Waals surface area (Å²) in [5, 5.41) is 3.45. The quantitative estimate of drug-likeness (QED) is 0.903. The minimum atomic E-state index is 0.183. The topological polar surface area (TPSA) is 50.4 Å². The second-order valence-corrected chi connectivity index (χ2v) is 5.41. The van der Waals surface area contributed by atoms with E-state index in [2.05, 4.69) is 40.6 Å². The number of benzene rings is 2. The van der Waals surface area contributed by atoms with E-state index in [1.54, 1.807) is 0 Å². The van der Waals surface area contributed by atoms with E-state index in [1.807, 2.05) is 37.5 Å². The predicted octanol–water partition coefficient (Wildman–Crippen LogP) is 3.42. The smallest absolute Gasteiger partial charge is 0.0643 e. The fourth-order valence-corrected chi connectivity index (χ4v) is 2.43. The molecule has 0 radical (unpaired) electrons. The van der Waals surface area contributed by atoms with Gasteiger partial charge in [-0.25, -0.2) is 0 Å². The van der Waals surface area contributed by atoms with Crippen molar-refractivity contribution in [2.75, 3.05) is 5.32 Å². The van der Waals surface area contributed by atoms with Crippen molar-refractivity contribution in [1.82, 2.24) is 0 Å². The number of nitrogens with one attached hydrogen (secondary N) is 1. The molecular formula is C18H19N3. The lowest BCUT2D eigenvalue weighted by Crippen LogP contribution is -2.17. The van der Waals surface area contributed by atoms with E-state index in [9.17, 15) is 0 Å². The van der Waals surface area contributed by atoms with Crippen LogP contribution < -0.4 is 11.1 Å². The number of para-hydroxylation sites is 1. The van der Waals surface area contributed by atoms with Crippen molar-refractivity contribution < 1.29 is 0 Å². The first-order valence-electron chi connectivity index (χ1n) is 7.16. The molecule has 1 heterocycles. The number of hydrogen-bond acceptors (Lipinski definition) is 3. The molecular weight excluding hydrogens is 258 g/mol. The Morgan fingerprint density at radius 3 is 2.62 bits per heavy atom. The SMILES string of the molecule is CC(N)Cc1ccc(C2=CN=Cc3ccccc3N2)cc1. The number of fused-ring (bicyclic) bond motifs is 1. The van der Waals surface area contributed by atoms with Gasteiger partial charge < -0.3 is 11.1 Å². The Morgan fingerprint density at radius 2 is 1.86 bits per heavy atom. The van der Waals surface area contributed by atoms with Gasteiger partial charge in [-0.3, -0.25) is 4.99 Å². The third-order valence-electron chi connectivity index (χ3n) is 3.47. The predicted molar refractivity (Wildman–Crippen MR) is 89.4 cm³/mol. The molecule has 3 nitrogen and oxygen atoms in total. The molecule has 1 atom stereocenters. The van der Waals surface area contributed by atoms with Crippen LogP contribution in [0.15, 0.2) is 59.7 Å². The maximum atomic E-state index is 5.84. The Hall–Kier alpha value is -2.39. The molecule has 1 aliphatic heterocycles. The lowest BCUT2D eigenvalue weighted by Gasteiger charge is -2.12. The largest absolute Gasteiger partial charge is 0.353 e. The number of anilines is 1. The van der Waals surface area contributed by atoms with Gasteiger partial charge >= 0.3 is 0 Å². The highest BCUT2D eigenvalue weighted by Gasteiger charge is 2.08. The van der Waals surface area contributed by atoms with Crippen molar-refractivity contribution in [3.05, 3.63) is 71.4 Å². The molecule has 0 aromatic heterocycles. The number of aliphatic imine (C=N–C) groups is 1. The number of hydrogen-bond donors (Lipinski definition) is 2. The van der Waals surface area contributed by atoms with Crippen LogP contribution in [-0.4, -0.2) is 12.3 Å². The van der Waals surface area contributed by atoms with Crippen LogP contribution in [0.4, 0.5) is 5.69 Å². The Labute approximate surface area is 125 Å². The minimum Gasteiger partial charge on any atom is -0.353 e. The Morgan fingerprint density at radius 1 is 1.10 bits per heavy atom. The molecule has 2 aromatic rings. The summed E-state index contributed by atoms with van der Waals surface area (Å²) < 4.78 is 0. The number of nitrogens with zero attached hydrogens (tertiary/aromatic N) is 1. The van der Waals surface area contributed by atoms with Crippen LogP contribution in [0.25, 0.3) is 5.70 Å². The van der Waals surface area contributed by atoms with Gasteiger partial charge in [0.15, 0.2) is 0 Å². The molecule has 0 amide bonds. The molecule has 3 heteroatoms. The zero-order chi connectivity index (χ0) is 14.7. The van der Waals surface area contributed by atoms with Gasteiger partial charge in [0.25, 0.3) is 0 Å². The monoisotopic (exact) mass is 277 g/mol. The van der Waals surface area contributed by atoms with Crippen LogP contribution in [0, 0.1) is 0 Å². The van der Waals surface area contributed by atoms with E-state index in [1.165, 1.54) is 5.56 Å². The summed E-state index contributed by atoms with van der Waals surface area (Å²) in [7, 11) is 0. The lowest BCUT2D eigenvalue weighted by molar-refractivity contribution is 0.738. The molecule has 0 bridgehead atoms. The summed E-state index contributed by atoms with van der Waals surface area (Å²) in [6.07, 6.45) is 4.63. The molecule has 3 N–H and O–H groups in total. The summed E-state index contributed by atoms with van der Waals surface area (Å²) in [5.41, 5.74) is 11.4. The third-order valence-corrected chi connectivity index (χ3v) is 3.47. The van der Waals surface area contributed by atoms with Crippen LogP contribution in [0.1, 0.15) is 23.6 Å². The normalized spacial score (nSPS) is 14.7. The second-order valence-electron chi connectivity index (χ2n) is 5.41. The van der Waals surface area contributed by atoms with E-state index >= 15 is 0 Å². The van der Waals surface area contributed by atoms with Gasteiger partial charge in [-0.2, -0.15) is 0 Å². The third kappa shape index (κ3) is 3.20. The van der Waals surface area contributed by atoms with Crippen LogP contribution in [0.3, 0.4) is 0 Å². The van der Waals surface area contributed by atoms with Gasteiger partial charge in [-0.1, -0.05) is 42.5 Å². The van der Waals surface area contributed by atoms with Crippen LogP contribution in [0.5, 0.6) is 0 Å². The van der Waals surface area contributed by atoms with Crippen molar-refractivity contribution >= 4 is 17.6 Å². The lowest BCUT2D eigenvalue weighted by atomic mass is 10.0. The molecule has 1 aliphatic rings. The van der Waals surface area contributed by atoms with E-state index < -0.39 is 0 Å². The molecule has 0 saturated heterocycles. The Kier molecular flexibility index (Phi) is 3.84. The Bertz CT molecular complexity index is 682. The summed E-state index contributed by atoms with van der Waals surface area (Å²) in [6.45, 7) is 2.02. The molecule has 0 aliphatic carbocycles. The van der Waals surface area contributed by atoms with Gasteiger partial charge in [0, 0.05) is 23.5 Å². The maximum absolute atomic E-state index is 5.84. The summed E-state index contributed by atoms with van der Waals surface area (Å²) in [6, 6.07) is 16.8. The van der Waals surface area contributed by atoms with Crippen LogP contribution >= 0.6 is 0 Å². The van der Waals surface area contributed by atoms with Crippen molar-refractivity contribution in [3.63, 3.8) is 0 Å². The average molecular weight is 277 g/mol. The summed E-state index contributed by atoms with van der Waals surface area (Å²) >= 11 is 0. The Balaban J connectivity index is 1.85. The van der Waals surface area contributed by atoms with Crippen LogP contribution in [-0.2, 0) is 6.42 Å². The molecule has 0 spiro atoms. The van der Waals surface area contributed by atoms with Crippen LogP contribution in [0.2, 0.25) is 0 Å². The van der Waals surface area contributed by atoms with Crippen molar-refractivity contribution in [2.45, 2.75) is 19.4 Å². The van der Waals surface area contributed by atoms with E-state index in [4.69, 9.17) is 5.73 Å². The van der Waals surface area contributed by atoms with Gasteiger partial charge in [-0.15, -0.1) is 0 Å². The molecule has 1 unspecified atom stereocenters.